The Kier molecular flexibility index (Phi) is 6.57. The molecule has 10 heteroatoms. The van der Waals surface area contributed by atoms with Gasteiger partial charge >= 0.3 is 0 Å². The zero-order valence-corrected chi connectivity index (χ0v) is 19.2. The Morgan fingerprint density at radius 1 is 1.17 bits per heavy atom. The van der Waals surface area contributed by atoms with Crippen molar-refractivity contribution in [2.75, 3.05) is 44.4 Å². The third-order valence-corrected chi connectivity index (χ3v) is 9.00. The van der Waals surface area contributed by atoms with Gasteiger partial charge in [-0.3, -0.25) is 4.79 Å². The van der Waals surface area contributed by atoms with Gasteiger partial charge in [0.25, 0.3) is 5.91 Å². The van der Waals surface area contributed by atoms with Crippen molar-refractivity contribution in [3.05, 3.63) is 40.1 Å². The maximum atomic E-state index is 13.3. The van der Waals surface area contributed by atoms with E-state index in [1.807, 2.05) is 25.1 Å². The average molecular weight is 469 g/mol. The first-order valence-corrected chi connectivity index (χ1v) is 13.3. The van der Waals surface area contributed by atoms with Crippen molar-refractivity contribution in [1.82, 2.24) is 9.21 Å². The highest BCUT2D eigenvalue weighted by molar-refractivity contribution is 7.99. The van der Waals surface area contributed by atoms with Gasteiger partial charge < -0.3 is 14.4 Å². The first-order valence-electron chi connectivity index (χ1n) is 9.84. The summed E-state index contributed by atoms with van der Waals surface area (Å²) in [6.07, 6.45) is 0. The zero-order chi connectivity index (χ0) is 21.1. The predicted molar refractivity (Wildman–Crippen MR) is 118 cm³/mol. The van der Waals surface area contributed by atoms with Crippen LogP contribution in [0.5, 0.6) is 11.5 Å². The molecule has 1 saturated heterocycles. The van der Waals surface area contributed by atoms with Crippen molar-refractivity contribution < 1.29 is 22.7 Å². The van der Waals surface area contributed by atoms with Gasteiger partial charge in [-0.05, 0) is 24.4 Å². The van der Waals surface area contributed by atoms with Crippen molar-refractivity contribution in [2.45, 2.75) is 18.4 Å². The van der Waals surface area contributed by atoms with Crippen LogP contribution in [0.3, 0.4) is 0 Å². The molecule has 1 amide bonds. The average Bonchev–Trinajstić information content (AvgIpc) is 3.28. The molecule has 0 unspecified atom stereocenters. The molecule has 0 saturated carbocycles. The zero-order valence-electron chi connectivity index (χ0n) is 16.7. The number of carbonyl (C=O) groups excluding carboxylic acids is 1. The molecule has 0 atom stereocenters. The lowest BCUT2D eigenvalue weighted by Crippen LogP contribution is -2.39. The van der Waals surface area contributed by atoms with E-state index in [4.69, 9.17) is 9.47 Å². The summed E-state index contributed by atoms with van der Waals surface area (Å²) in [5.41, 5.74) is 0.844. The number of benzene rings is 1. The van der Waals surface area contributed by atoms with E-state index in [2.05, 4.69) is 0 Å². The monoisotopic (exact) mass is 468 g/mol. The number of sulfonamides is 1. The van der Waals surface area contributed by atoms with E-state index in [1.165, 1.54) is 15.6 Å². The maximum Gasteiger partial charge on any atom is 0.265 e. The molecule has 0 bridgehead atoms. The summed E-state index contributed by atoms with van der Waals surface area (Å²) in [5.74, 6) is 2.58. The van der Waals surface area contributed by atoms with Crippen LogP contribution in [0.2, 0.25) is 0 Å². The van der Waals surface area contributed by atoms with E-state index in [1.54, 1.807) is 28.1 Å². The molecular weight excluding hydrogens is 444 g/mol. The highest BCUT2D eigenvalue weighted by atomic mass is 32.2. The molecule has 2 aromatic rings. The van der Waals surface area contributed by atoms with Crippen LogP contribution in [-0.2, 0) is 16.6 Å². The number of rotatable bonds is 6. The van der Waals surface area contributed by atoms with Crippen LogP contribution in [0.1, 0.15) is 22.2 Å². The van der Waals surface area contributed by atoms with Crippen molar-refractivity contribution >= 4 is 39.0 Å². The normalized spacial score (nSPS) is 17.0. The fourth-order valence-electron chi connectivity index (χ4n) is 3.52. The van der Waals surface area contributed by atoms with Crippen molar-refractivity contribution in [3.8, 4) is 11.5 Å². The molecule has 0 aliphatic carbocycles. The van der Waals surface area contributed by atoms with E-state index in [9.17, 15) is 13.2 Å². The summed E-state index contributed by atoms with van der Waals surface area (Å²) in [6, 6.07) is 7.17. The fourth-order valence-corrected chi connectivity index (χ4v) is 7.46. The third kappa shape index (κ3) is 4.18. The highest BCUT2D eigenvalue weighted by Crippen LogP contribution is 2.35. The Labute approximate surface area is 185 Å². The molecule has 4 rings (SSSR count). The van der Waals surface area contributed by atoms with E-state index in [0.29, 0.717) is 50.9 Å². The SMILES string of the molecule is CCN(Cc1cccc2c1OCCO2)C(=O)c1sccc1S(=O)(=O)N1CCSCC1. The second-order valence-electron chi connectivity index (χ2n) is 6.89. The van der Waals surface area contributed by atoms with Crippen molar-refractivity contribution in [2.24, 2.45) is 0 Å². The molecule has 3 heterocycles. The summed E-state index contributed by atoms with van der Waals surface area (Å²) in [7, 11) is -3.69. The Morgan fingerprint density at radius 3 is 2.70 bits per heavy atom. The minimum Gasteiger partial charge on any atom is -0.486 e. The summed E-state index contributed by atoms with van der Waals surface area (Å²) in [6.45, 7) is 4.56. The van der Waals surface area contributed by atoms with Crippen LogP contribution in [0.4, 0.5) is 0 Å². The third-order valence-electron chi connectivity index (χ3n) is 5.09. The minimum absolute atomic E-state index is 0.109. The second kappa shape index (κ2) is 9.17. The number of ether oxygens (including phenoxy) is 2. The molecular formula is C20H24N2O5S3. The smallest absolute Gasteiger partial charge is 0.265 e. The molecule has 162 valence electrons. The van der Waals surface area contributed by atoms with Crippen LogP contribution in [-0.4, -0.2) is 67.9 Å². The van der Waals surface area contributed by atoms with E-state index < -0.39 is 10.0 Å². The van der Waals surface area contributed by atoms with Gasteiger partial charge in [0, 0.05) is 43.2 Å². The second-order valence-corrected chi connectivity index (χ2v) is 10.9. The molecule has 7 nitrogen and oxygen atoms in total. The van der Waals surface area contributed by atoms with Gasteiger partial charge in [0.15, 0.2) is 11.5 Å². The van der Waals surface area contributed by atoms with Crippen molar-refractivity contribution in [1.29, 1.82) is 0 Å². The number of hydrogen-bond donors (Lipinski definition) is 0. The fraction of sp³-hybridized carbons (Fsp3) is 0.450. The maximum absolute atomic E-state index is 13.3. The Bertz CT molecular complexity index is 1020. The van der Waals surface area contributed by atoms with Crippen LogP contribution in [0.25, 0.3) is 0 Å². The van der Waals surface area contributed by atoms with E-state index >= 15 is 0 Å². The standard InChI is InChI=1S/C20H24N2O5S3/c1-2-21(14-15-4-3-5-16-18(15)27-10-9-26-16)20(23)19-17(6-11-29-19)30(24,25)22-7-12-28-13-8-22/h3-6,11H,2,7-10,12-14H2,1H3. The molecule has 2 aliphatic heterocycles. The quantitative estimate of drug-likeness (QED) is 0.649. The van der Waals surface area contributed by atoms with Crippen LogP contribution in [0.15, 0.2) is 34.5 Å². The summed E-state index contributed by atoms with van der Waals surface area (Å²) in [5, 5.41) is 1.67. The van der Waals surface area contributed by atoms with Gasteiger partial charge in [0.2, 0.25) is 10.0 Å². The number of nitrogens with zero attached hydrogens (tertiary/aromatic N) is 2. The first kappa shape index (κ1) is 21.5. The largest absolute Gasteiger partial charge is 0.486 e. The number of fused-ring (bicyclic) bond motifs is 1. The lowest BCUT2D eigenvalue weighted by atomic mass is 10.1. The molecule has 1 aromatic carbocycles. The Balaban J connectivity index is 1.59. The highest BCUT2D eigenvalue weighted by Gasteiger charge is 2.32. The van der Waals surface area contributed by atoms with Gasteiger partial charge in [0.05, 0.1) is 0 Å². The summed E-state index contributed by atoms with van der Waals surface area (Å²) < 4.78 is 39.2. The van der Waals surface area contributed by atoms with Crippen molar-refractivity contribution in [3.63, 3.8) is 0 Å². The van der Waals surface area contributed by atoms with Gasteiger partial charge in [0.1, 0.15) is 23.0 Å². The molecule has 0 spiro atoms. The number of hydrogen-bond acceptors (Lipinski definition) is 7. The Hall–Kier alpha value is -1.75. The molecule has 0 N–H and O–H groups in total. The molecule has 1 aromatic heterocycles. The lowest BCUT2D eigenvalue weighted by Gasteiger charge is -2.27. The van der Waals surface area contributed by atoms with E-state index in [0.717, 1.165) is 17.1 Å². The number of para-hydroxylation sites is 1. The topological polar surface area (TPSA) is 76.1 Å². The number of carbonyl (C=O) groups is 1. The van der Waals surface area contributed by atoms with Gasteiger partial charge in [-0.25, -0.2) is 8.42 Å². The molecule has 1 fully saturated rings. The minimum atomic E-state index is -3.69. The lowest BCUT2D eigenvalue weighted by molar-refractivity contribution is 0.0750. The van der Waals surface area contributed by atoms with Crippen LogP contribution >= 0.6 is 23.1 Å². The molecule has 0 radical (unpaired) electrons. The van der Waals surface area contributed by atoms with Gasteiger partial charge in [-0.15, -0.1) is 11.3 Å². The molecule has 30 heavy (non-hydrogen) atoms. The van der Waals surface area contributed by atoms with Crippen LogP contribution in [0, 0.1) is 0 Å². The number of thiophene rings is 1. The van der Waals surface area contributed by atoms with E-state index in [-0.39, 0.29) is 15.7 Å². The number of amides is 1. The first-order chi connectivity index (χ1) is 14.5. The van der Waals surface area contributed by atoms with Gasteiger partial charge in [-0.2, -0.15) is 16.1 Å². The van der Waals surface area contributed by atoms with Gasteiger partial charge in [-0.1, -0.05) is 12.1 Å². The van der Waals surface area contributed by atoms with Crippen LogP contribution < -0.4 is 9.47 Å². The molecule has 2 aliphatic rings. The Morgan fingerprint density at radius 2 is 1.93 bits per heavy atom. The number of thioether (sulfide) groups is 1. The predicted octanol–water partition coefficient (Wildman–Crippen LogP) is 2.92. The summed E-state index contributed by atoms with van der Waals surface area (Å²) >= 11 is 2.92. The summed E-state index contributed by atoms with van der Waals surface area (Å²) in [4.78, 5) is 15.4.